The van der Waals surface area contributed by atoms with Gasteiger partial charge < -0.3 is 50.8 Å². The number of nitrogens with zero attached hydrogens (tertiary/aromatic N) is 6. The van der Waals surface area contributed by atoms with E-state index in [1.165, 1.54) is 29.2 Å². The molecule has 1 amide bonds. The van der Waals surface area contributed by atoms with E-state index in [4.69, 9.17) is 34.7 Å². The number of ether oxygens (including phenoxy) is 3. The number of amides is 1. The Labute approximate surface area is 328 Å². The molecule has 3 aromatic heterocycles. The number of nitrogen functional groups attached to an aromatic ring is 2. The number of rotatable bonds is 19. The number of phosphoric acid groups is 2. The Morgan fingerprint density at radius 3 is 2.52 bits per heavy atom. The number of nitrogens with two attached hydrogens (primary N) is 2. The van der Waals surface area contributed by atoms with Crippen LogP contribution in [0.25, 0.3) is 11.2 Å². The number of aliphatic hydroxyl groups excluding tert-OH is 1. The molecule has 2 aliphatic rings. The summed E-state index contributed by atoms with van der Waals surface area (Å²) in [6.45, 7) is 1.70. The molecule has 9 N–H and O–H groups in total. The highest BCUT2D eigenvalue weighted by Gasteiger charge is 2.50. The molecule has 0 bridgehead atoms. The lowest BCUT2D eigenvalue weighted by Crippen LogP contribution is -2.47. The van der Waals surface area contributed by atoms with Gasteiger partial charge in [0.2, 0.25) is 5.91 Å². The van der Waals surface area contributed by atoms with Crippen LogP contribution in [0.3, 0.4) is 0 Å². The van der Waals surface area contributed by atoms with Gasteiger partial charge in [0.1, 0.15) is 64.2 Å². The Kier molecular flexibility index (Phi) is 14.2. The van der Waals surface area contributed by atoms with E-state index < -0.39 is 117 Å². The Bertz CT molecular complexity index is 2260. The van der Waals surface area contributed by atoms with Crippen molar-refractivity contribution in [2.45, 2.75) is 74.7 Å². The molecule has 2 saturated heterocycles. The standard InChI is InChI=1S/C29H41N9O17P2S/c1-3-4-5-20(39)35-15(7-9-58(2,48)49)28(41)54-24-18(53-27(23(24)40)38-14-34-22-25(31)32-13-33-26(22)38)12-51-57(46,47)55-16-10-21(37-8-6-19(30)36-29(37)42)52-17(16)11-50-56(43,44)45/h3,6,8,13-18,21,23-24,27,40H,1,4-5,7,9-12H2,2H3,(H,35,39)(H,46,47)(H2,30,36,42)(H2,31,32,33)(H2,43,44,45)/t15?,16-,17+,18-,21+,23+,24+,27?/m0/s1. The van der Waals surface area contributed by atoms with Crippen molar-refractivity contribution in [3.8, 4) is 0 Å². The number of carbonyl (C=O) groups excluding carboxylic acids is 2. The fraction of sp³-hybridized carbons (Fsp3) is 0.552. The summed E-state index contributed by atoms with van der Waals surface area (Å²) in [6, 6.07) is -0.286. The number of esters is 1. The van der Waals surface area contributed by atoms with Gasteiger partial charge in [0, 0.05) is 25.3 Å². The van der Waals surface area contributed by atoms with Crippen molar-refractivity contribution in [3.63, 3.8) is 0 Å². The molecule has 29 heteroatoms. The van der Waals surface area contributed by atoms with Gasteiger partial charge in [-0.2, -0.15) is 4.98 Å². The van der Waals surface area contributed by atoms with E-state index in [-0.39, 0.29) is 42.1 Å². The molecule has 2 aliphatic heterocycles. The molecule has 9 atom stereocenters. The monoisotopic (exact) mass is 881 g/mol. The van der Waals surface area contributed by atoms with Crippen LogP contribution in [-0.2, 0) is 56.3 Å². The number of anilines is 2. The number of hydrogen-bond acceptors (Lipinski definition) is 20. The minimum absolute atomic E-state index is 0.0291. The lowest BCUT2D eigenvalue weighted by Gasteiger charge is -2.25. The molecule has 26 nitrogen and oxygen atoms in total. The third-order valence-corrected chi connectivity index (χ3v) is 11.1. The van der Waals surface area contributed by atoms with Crippen LogP contribution in [0.5, 0.6) is 0 Å². The largest absolute Gasteiger partial charge is 0.472 e. The maximum atomic E-state index is 13.6. The minimum atomic E-state index is -5.26. The summed E-state index contributed by atoms with van der Waals surface area (Å²) >= 11 is 0. The Hall–Kier alpha value is -4.24. The molecule has 58 heavy (non-hydrogen) atoms. The molecule has 5 heterocycles. The van der Waals surface area contributed by atoms with Crippen molar-refractivity contribution in [3.05, 3.63) is 48.1 Å². The van der Waals surface area contributed by atoms with Crippen LogP contribution in [0.15, 0.2) is 42.4 Å². The Morgan fingerprint density at radius 1 is 1.12 bits per heavy atom. The first-order valence-electron chi connectivity index (χ1n) is 17.1. The highest BCUT2D eigenvalue weighted by Crippen LogP contribution is 2.50. The second kappa shape index (κ2) is 18.4. The second-order valence-electron chi connectivity index (χ2n) is 13.0. The van der Waals surface area contributed by atoms with Gasteiger partial charge in [-0.3, -0.25) is 27.5 Å². The molecule has 3 aromatic rings. The van der Waals surface area contributed by atoms with Crippen LogP contribution < -0.4 is 22.5 Å². The average molecular weight is 882 g/mol. The quantitative estimate of drug-likeness (QED) is 0.0397. The molecule has 0 radical (unpaired) electrons. The highest BCUT2D eigenvalue weighted by molar-refractivity contribution is 7.90. The third-order valence-electron chi connectivity index (χ3n) is 8.62. The van der Waals surface area contributed by atoms with E-state index in [0.29, 0.717) is 0 Å². The number of hydrogen-bond donors (Lipinski definition) is 7. The highest BCUT2D eigenvalue weighted by atomic mass is 32.2. The number of carbonyl (C=O) groups is 2. The van der Waals surface area contributed by atoms with E-state index in [2.05, 4.69) is 36.4 Å². The molecule has 5 rings (SSSR count). The van der Waals surface area contributed by atoms with Gasteiger partial charge in [-0.1, -0.05) is 6.08 Å². The SMILES string of the molecule is C=CCCC(=O)NC(CCS(C)(=O)=O)C(=O)O[C@@H]1[C@H](COP(=O)(O)O[C@H]2C[C@H](n3ccc(N)nc3=O)O[C@@H]2COP(=O)(O)O)OC(n2cnc3c(N)ncnc32)[C@@H]1O. The third kappa shape index (κ3) is 11.7. The minimum Gasteiger partial charge on any atom is -0.455 e. The molecule has 0 aromatic carbocycles. The van der Waals surface area contributed by atoms with Gasteiger partial charge in [-0.25, -0.2) is 42.1 Å². The van der Waals surface area contributed by atoms with Crippen LogP contribution in [0.2, 0.25) is 0 Å². The number of nitrogens with one attached hydrogen (secondary N) is 1. The van der Waals surface area contributed by atoms with Crippen LogP contribution in [0.4, 0.5) is 11.6 Å². The zero-order valence-corrected chi connectivity index (χ0v) is 33.0. The van der Waals surface area contributed by atoms with Crippen LogP contribution in [0, 0.1) is 0 Å². The number of fused-ring (bicyclic) bond motifs is 1. The lowest BCUT2D eigenvalue weighted by molar-refractivity contribution is -0.160. The summed E-state index contributed by atoms with van der Waals surface area (Å²) in [6.07, 6.45) is -5.67. The molecular formula is C29H41N9O17P2S. The first-order valence-corrected chi connectivity index (χ1v) is 22.1. The smallest absolute Gasteiger partial charge is 0.455 e. The van der Waals surface area contributed by atoms with Gasteiger partial charge in [-0.05, 0) is 18.9 Å². The normalized spacial score (nSPS) is 25.3. The van der Waals surface area contributed by atoms with Crippen molar-refractivity contribution in [2.75, 3.05) is 36.7 Å². The maximum Gasteiger partial charge on any atom is 0.472 e. The van der Waals surface area contributed by atoms with Crippen LogP contribution >= 0.6 is 15.6 Å². The van der Waals surface area contributed by atoms with E-state index in [1.807, 2.05) is 0 Å². The molecule has 3 unspecified atom stereocenters. The van der Waals surface area contributed by atoms with Gasteiger partial charge in [-0.15, -0.1) is 6.58 Å². The topological polar surface area (TPSA) is 381 Å². The lowest BCUT2D eigenvalue weighted by atomic mass is 10.1. The van der Waals surface area contributed by atoms with Crippen molar-refractivity contribution < 1.29 is 74.7 Å². The van der Waals surface area contributed by atoms with Crippen molar-refractivity contribution in [1.29, 1.82) is 0 Å². The van der Waals surface area contributed by atoms with Crippen molar-refractivity contribution in [1.82, 2.24) is 34.4 Å². The van der Waals surface area contributed by atoms with Gasteiger partial charge in [0.15, 0.2) is 23.8 Å². The van der Waals surface area contributed by atoms with Gasteiger partial charge in [0.05, 0.1) is 25.3 Å². The van der Waals surface area contributed by atoms with Gasteiger partial charge >= 0.3 is 27.3 Å². The molecule has 0 spiro atoms. The van der Waals surface area contributed by atoms with E-state index in [1.54, 1.807) is 0 Å². The van der Waals surface area contributed by atoms with Crippen molar-refractivity contribution >= 4 is 60.2 Å². The van der Waals surface area contributed by atoms with Crippen LogP contribution in [0.1, 0.15) is 38.1 Å². The summed E-state index contributed by atoms with van der Waals surface area (Å²) in [4.78, 5) is 83.7. The summed E-state index contributed by atoms with van der Waals surface area (Å²) in [7, 11) is -14.0. The van der Waals surface area contributed by atoms with E-state index in [9.17, 15) is 51.7 Å². The fourth-order valence-corrected chi connectivity index (χ4v) is 7.86. The number of aromatic nitrogens is 6. The fourth-order valence-electron chi connectivity index (χ4n) is 5.90. The zero-order valence-electron chi connectivity index (χ0n) is 30.4. The number of phosphoric ester groups is 2. The average Bonchev–Trinajstić information content (AvgIpc) is 3.82. The number of aliphatic hydroxyl groups is 1. The Morgan fingerprint density at radius 2 is 1.84 bits per heavy atom. The summed E-state index contributed by atoms with van der Waals surface area (Å²) in [5, 5.41) is 13.9. The van der Waals surface area contributed by atoms with E-state index in [0.717, 1.165) is 17.2 Å². The molecule has 0 saturated carbocycles. The summed E-state index contributed by atoms with van der Waals surface area (Å²) < 4.78 is 83.3. The molecule has 0 aliphatic carbocycles. The number of allylic oxidation sites excluding steroid dienone is 1. The molecule has 2 fully saturated rings. The second-order valence-corrected chi connectivity index (χ2v) is 17.9. The number of imidazole rings is 1. The predicted octanol–water partition coefficient (Wildman–Crippen LogP) is -1.80. The number of sulfone groups is 1. The predicted molar refractivity (Wildman–Crippen MR) is 195 cm³/mol. The summed E-state index contributed by atoms with van der Waals surface area (Å²) in [5.41, 5.74) is 10.7. The maximum absolute atomic E-state index is 13.6. The Balaban J connectivity index is 1.38. The molecular weight excluding hydrogens is 840 g/mol. The van der Waals surface area contributed by atoms with Gasteiger partial charge in [0.25, 0.3) is 0 Å². The first-order chi connectivity index (χ1) is 27.1. The van der Waals surface area contributed by atoms with Crippen LogP contribution in [-0.4, -0.2) is 131 Å². The zero-order chi connectivity index (χ0) is 42.6. The first kappa shape index (κ1) is 44.9. The van der Waals surface area contributed by atoms with E-state index >= 15 is 0 Å². The van der Waals surface area contributed by atoms with Crippen molar-refractivity contribution in [2.24, 2.45) is 0 Å². The molecule has 320 valence electrons. The summed E-state index contributed by atoms with van der Waals surface area (Å²) in [5.74, 6) is -2.54.